The summed E-state index contributed by atoms with van der Waals surface area (Å²) in [5.41, 5.74) is 0. The molecule has 0 bridgehead atoms. The van der Waals surface area contributed by atoms with Crippen molar-refractivity contribution < 1.29 is 57.2 Å². The molecule has 0 radical (unpaired) electrons. The van der Waals surface area contributed by atoms with Gasteiger partial charge in [-0.15, -0.1) is 0 Å². The van der Waals surface area contributed by atoms with E-state index in [0.717, 1.165) is 24.7 Å². The second-order valence-corrected chi connectivity index (χ2v) is 14.2. The molecule has 0 aliphatic carbocycles. The van der Waals surface area contributed by atoms with Crippen molar-refractivity contribution in [2.24, 2.45) is 0 Å². The second kappa shape index (κ2) is 20.0. The molecule has 0 amide bonds. The van der Waals surface area contributed by atoms with Crippen molar-refractivity contribution in [2.75, 3.05) is 46.2 Å². The normalized spacial score (nSPS) is 16.2. The van der Waals surface area contributed by atoms with Crippen molar-refractivity contribution in [3.8, 4) is 69.0 Å². The van der Waals surface area contributed by atoms with Gasteiger partial charge in [-0.1, -0.05) is 18.2 Å². The molecule has 12 nitrogen and oxygen atoms in total. The number of aliphatic hydroxyl groups is 1. The molecule has 2 aliphatic heterocycles. The molecule has 6 aromatic rings. The molecular formula is C48H46O12. The highest BCUT2D eigenvalue weighted by Crippen LogP contribution is 2.32. The minimum absolute atomic E-state index is 0.148. The topological polar surface area (TPSA) is 128 Å². The molecule has 1 N–H and O–H groups in total. The van der Waals surface area contributed by atoms with Crippen LogP contribution in [0.4, 0.5) is 0 Å². The summed E-state index contributed by atoms with van der Waals surface area (Å²) in [5, 5.41) is 10.0. The molecule has 0 aromatic heterocycles. The molecule has 12 heteroatoms. The van der Waals surface area contributed by atoms with Gasteiger partial charge in [-0.05, 0) is 116 Å². The van der Waals surface area contributed by atoms with E-state index in [1.54, 1.807) is 18.2 Å². The third-order valence-corrected chi connectivity index (χ3v) is 9.06. The van der Waals surface area contributed by atoms with E-state index < -0.39 is 6.10 Å². The third kappa shape index (κ3) is 12.8. The summed E-state index contributed by atoms with van der Waals surface area (Å²) >= 11 is 0. The summed E-state index contributed by atoms with van der Waals surface area (Å²) in [5.74, 6) is 7.88. The van der Waals surface area contributed by atoms with Crippen molar-refractivity contribution >= 4 is 0 Å². The zero-order valence-electron chi connectivity index (χ0n) is 33.1. The summed E-state index contributed by atoms with van der Waals surface area (Å²) < 4.78 is 64.0. The maximum Gasteiger partial charge on any atom is 0.131 e. The standard InChI is InChI=1S/C48H46O12/c1-33(27-50-40-5-2-7-42(23-40)59-44-9-4-10-45(25-44)60-43-8-3-6-41(24-43)53-30-48-32-55-48)56-46(26-49)28-51-34-11-15-36(16-12-34)57-38-19-21-39(22-20-38)58-37-17-13-35(14-18-37)52-29-47-31-54-47/h2-25,33,46-49H,26-32H2,1H3. The van der Waals surface area contributed by atoms with Gasteiger partial charge in [-0.3, -0.25) is 0 Å². The van der Waals surface area contributed by atoms with Crippen molar-refractivity contribution in [2.45, 2.75) is 31.3 Å². The lowest BCUT2D eigenvalue weighted by molar-refractivity contribution is -0.0645. The Morgan fingerprint density at radius 3 is 1.22 bits per heavy atom. The van der Waals surface area contributed by atoms with Crippen LogP contribution >= 0.6 is 0 Å². The Labute approximate surface area is 348 Å². The summed E-state index contributed by atoms with van der Waals surface area (Å²) in [6, 6.07) is 44.3. The third-order valence-electron chi connectivity index (χ3n) is 9.06. The fourth-order valence-corrected chi connectivity index (χ4v) is 5.80. The second-order valence-electron chi connectivity index (χ2n) is 14.2. The number of hydrogen-bond donors (Lipinski definition) is 1. The van der Waals surface area contributed by atoms with E-state index in [9.17, 15) is 5.11 Å². The lowest BCUT2D eigenvalue weighted by atomic mass is 10.3. The van der Waals surface area contributed by atoms with E-state index in [-0.39, 0.29) is 38.1 Å². The van der Waals surface area contributed by atoms with Crippen LogP contribution in [0.15, 0.2) is 146 Å². The number of ether oxygens (including phenoxy) is 11. The first-order chi connectivity index (χ1) is 29.5. The van der Waals surface area contributed by atoms with Crippen LogP contribution in [0, 0.1) is 0 Å². The van der Waals surface area contributed by atoms with E-state index >= 15 is 0 Å². The van der Waals surface area contributed by atoms with Crippen molar-refractivity contribution in [3.05, 3.63) is 146 Å². The predicted molar refractivity (Wildman–Crippen MR) is 222 cm³/mol. The fraction of sp³-hybridized carbons (Fsp3) is 0.250. The Kier molecular flexibility index (Phi) is 13.5. The molecule has 6 aromatic carbocycles. The van der Waals surface area contributed by atoms with Gasteiger partial charge in [0.05, 0.1) is 25.9 Å². The summed E-state index contributed by atoms with van der Waals surface area (Å²) in [7, 11) is 0. The van der Waals surface area contributed by atoms with Crippen LogP contribution in [0.3, 0.4) is 0 Å². The number of benzene rings is 6. The first kappa shape index (κ1) is 40.3. The van der Waals surface area contributed by atoms with Crippen LogP contribution in [0.1, 0.15) is 6.92 Å². The molecule has 4 unspecified atom stereocenters. The molecule has 2 heterocycles. The van der Waals surface area contributed by atoms with Gasteiger partial charge < -0.3 is 57.2 Å². The van der Waals surface area contributed by atoms with Gasteiger partial charge in [0.25, 0.3) is 0 Å². The van der Waals surface area contributed by atoms with Crippen LogP contribution in [-0.2, 0) is 14.2 Å². The van der Waals surface area contributed by atoms with Gasteiger partial charge >= 0.3 is 0 Å². The van der Waals surface area contributed by atoms with Gasteiger partial charge in [0.2, 0.25) is 0 Å². The highest BCUT2D eigenvalue weighted by Gasteiger charge is 2.24. The summed E-state index contributed by atoms with van der Waals surface area (Å²) in [4.78, 5) is 0. The van der Waals surface area contributed by atoms with Crippen LogP contribution in [0.5, 0.6) is 69.0 Å². The maximum atomic E-state index is 10.0. The number of aliphatic hydroxyl groups excluding tert-OH is 1. The fourth-order valence-electron chi connectivity index (χ4n) is 5.80. The molecule has 60 heavy (non-hydrogen) atoms. The van der Waals surface area contributed by atoms with Gasteiger partial charge in [-0.2, -0.15) is 0 Å². The monoisotopic (exact) mass is 814 g/mol. The highest BCUT2D eigenvalue weighted by atomic mass is 16.6. The first-order valence-electron chi connectivity index (χ1n) is 19.8. The molecule has 0 spiro atoms. The van der Waals surface area contributed by atoms with Crippen LogP contribution < -0.4 is 37.9 Å². The Hall–Kier alpha value is -6.44. The molecule has 2 saturated heterocycles. The minimum atomic E-state index is -0.564. The lowest BCUT2D eigenvalue weighted by Crippen LogP contribution is -2.32. The first-order valence-corrected chi connectivity index (χ1v) is 19.8. The van der Waals surface area contributed by atoms with Crippen molar-refractivity contribution in [3.63, 3.8) is 0 Å². The Balaban J connectivity index is 0.744. The van der Waals surface area contributed by atoms with E-state index in [4.69, 9.17) is 52.1 Å². The van der Waals surface area contributed by atoms with Crippen LogP contribution in [0.25, 0.3) is 0 Å². The quantitative estimate of drug-likeness (QED) is 0.0619. The Morgan fingerprint density at radius 2 is 0.783 bits per heavy atom. The van der Waals surface area contributed by atoms with E-state index in [2.05, 4.69) is 0 Å². The molecule has 2 fully saturated rings. The highest BCUT2D eigenvalue weighted by molar-refractivity contribution is 5.43. The largest absolute Gasteiger partial charge is 0.491 e. The van der Waals surface area contributed by atoms with Crippen LogP contribution in [-0.4, -0.2) is 75.8 Å². The number of rotatable bonds is 23. The molecular weight excluding hydrogens is 769 g/mol. The zero-order chi connectivity index (χ0) is 40.9. The van der Waals surface area contributed by atoms with Gasteiger partial charge in [0.15, 0.2) is 0 Å². The Bertz CT molecular complexity index is 2240. The van der Waals surface area contributed by atoms with Crippen molar-refractivity contribution in [1.29, 1.82) is 0 Å². The Morgan fingerprint density at radius 1 is 0.450 bits per heavy atom. The maximum absolute atomic E-state index is 10.0. The van der Waals surface area contributed by atoms with Gasteiger partial charge in [-0.25, -0.2) is 0 Å². The van der Waals surface area contributed by atoms with E-state index in [1.165, 1.54) is 0 Å². The number of hydrogen-bond acceptors (Lipinski definition) is 12. The summed E-state index contributed by atoms with van der Waals surface area (Å²) in [6.07, 6.45) is -0.513. The zero-order valence-corrected chi connectivity index (χ0v) is 33.1. The van der Waals surface area contributed by atoms with Gasteiger partial charge in [0, 0.05) is 18.2 Å². The molecule has 310 valence electrons. The van der Waals surface area contributed by atoms with E-state index in [0.29, 0.717) is 70.7 Å². The van der Waals surface area contributed by atoms with Gasteiger partial charge in [0.1, 0.15) is 114 Å². The number of epoxide rings is 2. The average Bonchev–Trinajstić information content (AvgIpc) is 4.22. The predicted octanol–water partition coefficient (Wildman–Crippen LogP) is 9.63. The molecule has 2 aliphatic rings. The van der Waals surface area contributed by atoms with Crippen molar-refractivity contribution in [1.82, 2.24) is 0 Å². The molecule has 8 rings (SSSR count). The smallest absolute Gasteiger partial charge is 0.131 e. The minimum Gasteiger partial charge on any atom is -0.491 e. The average molecular weight is 815 g/mol. The lowest BCUT2D eigenvalue weighted by Gasteiger charge is -2.21. The summed E-state index contributed by atoms with van der Waals surface area (Å²) in [6.45, 7) is 4.64. The SMILES string of the molecule is CC(COc1cccc(Oc2cccc(Oc3cccc(OCC4CO4)c3)c2)c1)OC(CO)COc1ccc(Oc2ccc(Oc3ccc(OCC4CO4)cc3)cc2)cc1. The van der Waals surface area contributed by atoms with E-state index in [1.807, 2.05) is 134 Å². The molecule has 0 saturated carbocycles. The molecule has 4 atom stereocenters. The van der Waals surface area contributed by atoms with Crippen LogP contribution in [0.2, 0.25) is 0 Å².